The smallest absolute Gasteiger partial charge is 0.322 e. The van der Waals surface area contributed by atoms with Gasteiger partial charge in [0.2, 0.25) is 0 Å². The van der Waals surface area contributed by atoms with Crippen molar-refractivity contribution in [2.24, 2.45) is 0 Å². The summed E-state index contributed by atoms with van der Waals surface area (Å²) in [5.74, 6) is -0.974. The van der Waals surface area contributed by atoms with Crippen molar-refractivity contribution in [1.82, 2.24) is 4.98 Å². The van der Waals surface area contributed by atoms with Gasteiger partial charge in [0.15, 0.2) is 10.9 Å². The minimum atomic E-state index is -1.05. The number of anilines is 3. The van der Waals surface area contributed by atoms with E-state index in [1.165, 1.54) is 11.3 Å². The molecular formula is C21H20N4O4S. The number of fused-ring (bicyclic) bond motifs is 1. The Morgan fingerprint density at radius 1 is 1.10 bits per heavy atom. The average Bonchev–Trinajstić information content (AvgIpc) is 3.17. The third kappa shape index (κ3) is 4.41. The summed E-state index contributed by atoms with van der Waals surface area (Å²) in [6.07, 6.45) is 0.881. The topological polar surface area (TPSA) is 112 Å². The molecule has 0 atom stereocenters. The Hall–Kier alpha value is -3.46. The van der Waals surface area contributed by atoms with E-state index in [9.17, 15) is 14.4 Å². The zero-order valence-corrected chi connectivity index (χ0v) is 16.9. The number of aliphatic carboxylic acids is 1. The van der Waals surface area contributed by atoms with Crippen molar-refractivity contribution >= 4 is 56.4 Å². The maximum Gasteiger partial charge on any atom is 0.322 e. The molecule has 0 bridgehead atoms. The van der Waals surface area contributed by atoms with Crippen molar-refractivity contribution in [1.29, 1.82) is 0 Å². The summed E-state index contributed by atoms with van der Waals surface area (Å²) < 4.78 is 0. The average molecular weight is 424 g/mol. The van der Waals surface area contributed by atoms with E-state index in [4.69, 9.17) is 5.11 Å². The van der Waals surface area contributed by atoms with Gasteiger partial charge in [-0.15, -0.1) is 0 Å². The van der Waals surface area contributed by atoms with E-state index in [0.29, 0.717) is 41.6 Å². The molecule has 2 aromatic carbocycles. The van der Waals surface area contributed by atoms with Crippen LogP contribution < -0.4 is 15.5 Å². The van der Waals surface area contributed by atoms with Crippen molar-refractivity contribution in [3.05, 3.63) is 47.3 Å². The zero-order chi connectivity index (χ0) is 21.1. The number of benzene rings is 2. The van der Waals surface area contributed by atoms with Crippen LogP contribution in [0.2, 0.25) is 0 Å². The molecular weight excluding hydrogens is 404 g/mol. The van der Waals surface area contributed by atoms with Crippen LogP contribution in [0, 0.1) is 0 Å². The van der Waals surface area contributed by atoms with Crippen molar-refractivity contribution in [3.63, 3.8) is 0 Å². The van der Waals surface area contributed by atoms with Gasteiger partial charge in [-0.3, -0.25) is 14.4 Å². The molecule has 1 aliphatic rings. The molecule has 1 aliphatic heterocycles. The van der Waals surface area contributed by atoms with Crippen LogP contribution in [0.1, 0.15) is 22.5 Å². The highest BCUT2D eigenvalue weighted by Gasteiger charge is 2.24. The first kappa shape index (κ1) is 19.8. The number of thiazole rings is 1. The summed E-state index contributed by atoms with van der Waals surface area (Å²) >= 11 is 1.19. The number of aromatic nitrogens is 1. The SMILES string of the molecule is O=C(O)CNc1nc(N2CCC(=O)CC2)sc1C(=O)Nc1ccc2ccccc2c1. The number of carboxylic acids is 1. The molecule has 0 spiro atoms. The number of hydrogen-bond acceptors (Lipinski definition) is 7. The second-order valence-electron chi connectivity index (χ2n) is 6.96. The molecule has 4 rings (SSSR count). The number of carbonyl (C=O) groups excluding carboxylic acids is 2. The number of hydrogen-bond donors (Lipinski definition) is 3. The van der Waals surface area contributed by atoms with Crippen LogP contribution in [0.15, 0.2) is 42.5 Å². The van der Waals surface area contributed by atoms with E-state index in [-0.39, 0.29) is 24.1 Å². The molecule has 1 amide bonds. The summed E-state index contributed by atoms with van der Waals surface area (Å²) in [5, 5.41) is 17.3. The Morgan fingerprint density at radius 3 is 2.57 bits per heavy atom. The van der Waals surface area contributed by atoms with E-state index in [1.54, 1.807) is 0 Å². The van der Waals surface area contributed by atoms with Crippen molar-refractivity contribution in [3.8, 4) is 0 Å². The van der Waals surface area contributed by atoms with E-state index in [0.717, 1.165) is 10.8 Å². The molecule has 1 saturated heterocycles. The molecule has 8 nitrogen and oxygen atoms in total. The highest BCUT2D eigenvalue weighted by atomic mass is 32.1. The summed E-state index contributed by atoms with van der Waals surface area (Å²) in [6.45, 7) is 0.727. The monoisotopic (exact) mass is 424 g/mol. The van der Waals surface area contributed by atoms with E-state index in [1.807, 2.05) is 47.4 Å². The Bertz CT molecular complexity index is 1120. The number of rotatable bonds is 6. The summed E-state index contributed by atoms with van der Waals surface area (Å²) in [7, 11) is 0. The van der Waals surface area contributed by atoms with Crippen LogP contribution in [-0.4, -0.2) is 47.4 Å². The predicted molar refractivity (Wildman–Crippen MR) is 117 cm³/mol. The van der Waals surface area contributed by atoms with Gasteiger partial charge < -0.3 is 20.6 Å². The third-order valence-electron chi connectivity index (χ3n) is 4.83. The lowest BCUT2D eigenvalue weighted by Gasteiger charge is -2.25. The second kappa shape index (κ2) is 8.50. The molecule has 3 N–H and O–H groups in total. The fourth-order valence-corrected chi connectivity index (χ4v) is 4.27. The lowest BCUT2D eigenvalue weighted by molar-refractivity contribution is -0.135. The first-order valence-corrected chi connectivity index (χ1v) is 10.3. The van der Waals surface area contributed by atoms with Crippen molar-refractivity contribution < 1.29 is 19.5 Å². The van der Waals surface area contributed by atoms with Crippen LogP contribution in [0.3, 0.4) is 0 Å². The van der Waals surface area contributed by atoms with Crippen LogP contribution in [0.4, 0.5) is 16.6 Å². The highest BCUT2D eigenvalue weighted by molar-refractivity contribution is 7.18. The van der Waals surface area contributed by atoms with Gasteiger partial charge in [0.25, 0.3) is 5.91 Å². The maximum atomic E-state index is 13.0. The van der Waals surface area contributed by atoms with Crippen LogP contribution in [0.5, 0.6) is 0 Å². The largest absolute Gasteiger partial charge is 0.480 e. The maximum absolute atomic E-state index is 13.0. The molecule has 2 heterocycles. The second-order valence-corrected chi connectivity index (χ2v) is 7.94. The number of amides is 1. The molecule has 0 unspecified atom stereocenters. The number of Topliss-reactive ketones (excluding diaryl/α,β-unsaturated/α-hetero) is 1. The van der Waals surface area contributed by atoms with E-state index >= 15 is 0 Å². The molecule has 154 valence electrons. The van der Waals surface area contributed by atoms with Crippen LogP contribution in [0.25, 0.3) is 10.8 Å². The first-order valence-electron chi connectivity index (χ1n) is 9.53. The van der Waals surface area contributed by atoms with Gasteiger partial charge in [-0.2, -0.15) is 0 Å². The number of carboxylic acid groups (broad SMARTS) is 1. The van der Waals surface area contributed by atoms with Gasteiger partial charge in [-0.25, -0.2) is 4.98 Å². The zero-order valence-electron chi connectivity index (χ0n) is 16.1. The molecule has 0 radical (unpaired) electrons. The van der Waals surface area contributed by atoms with Crippen LogP contribution >= 0.6 is 11.3 Å². The number of carbonyl (C=O) groups is 3. The molecule has 0 aliphatic carbocycles. The van der Waals surface area contributed by atoms with E-state index < -0.39 is 5.97 Å². The van der Waals surface area contributed by atoms with Gasteiger partial charge in [0, 0.05) is 31.6 Å². The van der Waals surface area contributed by atoms with Gasteiger partial charge in [-0.05, 0) is 22.9 Å². The molecule has 1 fully saturated rings. The summed E-state index contributed by atoms with van der Waals surface area (Å²) in [5.41, 5.74) is 0.640. The summed E-state index contributed by atoms with van der Waals surface area (Å²) in [6, 6.07) is 13.5. The highest BCUT2D eigenvalue weighted by Crippen LogP contribution is 2.32. The fourth-order valence-electron chi connectivity index (χ4n) is 3.28. The number of ketones is 1. The Balaban J connectivity index is 1.58. The molecule has 0 saturated carbocycles. The number of nitrogens with one attached hydrogen (secondary N) is 2. The van der Waals surface area contributed by atoms with Crippen LogP contribution in [-0.2, 0) is 9.59 Å². The van der Waals surface area contributed by atoms with Crippen molar-refractivity contribution in [2.75, 3.05) is 35.2 Å². The van der Waals surface area contributed by atoms with Gasteiger partial charge in [0.1, 0.15) is 17.2 Å². The lowest BCUT2D eigenvalue weighted by atomic mass is 10.1. The van der Waals surface area contributed by atoms with Gasteiger partial charge in [-0.1, -0.05) is 41.7 Å². The number of nitrogens with zero attached hydrogens (tertiary/aromatic N) is 2. The molecule has 30 heavy (non-hydrogen) atoms. The standard InChI is InChI=1S/C21H20N4O4S/c26-16-7-9-25(10-8-16)21-24-19(22-12-17(27)28)18(30-21)20(29)23-15-6-5-13-3-1-2-4-14(13)11-15/h1-6,11,22H,7-10,12H2,(H,23,29)(H,27,28). The third-order valence-corrected chi connectivity index (χ3v) is 5.94. The Labute approximate surface area is 176 Å². The molecule has 3 aromatic rings. The van der Waals surface area contributed by atoms with Gasteiger partial charge >= 0.3 is 5.97 Å². The Kier molecular flexibility index (Phi) is 5.62. The Morgan fingerprint density at radius 2 is 1.83 bits per heavy atom. The lowest BCUT2D eigenvalue weighted by Crippen LogP contribution is -2.33. The predicted octanol–water partition coefficient (Wildman–Crippen LogP) is 3.21. The molecule has 1 aromatic heterocycles. The quantitative estimate of drug-likeness (QED) is 0.557. The number of piperidine rings is 1. The summed E-state index contributed by atoms with van der Waals surface area (Å²) in [4.78, 5) is 42.1. The first-order chi connectivity index (χ1) is 14.5. The normalized spacial score (nSPS) is 14.0. The van der Waals surface area contributed by atoms with Gasteiger partial charge in [0.05, 0.1) is 0 Å². The minimum absolute atomic E-state index is 0.210. The minimum Gasteiger partial charge on any atom is -0.480 e. The molecule has 9 heteroatoms. The van der Waals surface area contributed by atoms with Crippen molar-refractivity contribution in [2.45, 2.75) is 12.8 Å². The van der Waals surface area contributed by atoms with E-state index in [2.05, 4.69) is 15.6 Å². The fraction of sp³-hybridized carbons (Fsp3) is 0.238.